The molecule has 1 N–H and O–H groups in total. The summed E-state index contributed by atoms with van der Waals surface area (Å²) in [5.41, 5.74) is 0.0982. The number of aromatic hydroxyl groups is 1. The molecule has 70 valence electrons. The normalized spacial score (nSPS) is 9.77. The maximum Gasteiger partial charge on any atom is 0.170 e. The lowest BCUT2D eigenvalue weighted by atomic mass is 10.1. The predicted octanol–water partition coefficient (Wildman–Crippen LogP) is 2.26. The Hall–Kier alpha value is -1.22. The molecule has 0 saturated carbocycles. The van der Waals surface area contributed by atoms with Gasteiger partial charge in [0.1, 0.15) is 0 Å². The average molecular weight is 201 g/mol. The first kappa shape index (κ1) is 9.86. The van der Waals surface area contributed by atoms with Crippen LogP contribution in [0.2, 0.25) is 5.02 Å². The predicted molar refractivity (Wildman–Crippen MR) is 49.7 cm³/mol. The van der Waals surface area contributed by atoms with Crippen molar-refractivity contribution >= 4 is 17.4 Å². The molecule has 3 nitrogen and oxygen atoms in total. The van der Waals surface area contributed by atoms with Crippen LogP contribution in [0.25, 0.3) is 0 Å². The second kappa shape index (κ2) is 3.66. The molecule has 0 fully saturated rings. The molecule has 0 radical (unpaired) electrons. The van der Waals surface area contributed by atoms with E-state index >= 15 is 0 Å². The van der Waals surface area contributed by atoms with Crippen molar-refractivity contribution in [1.82, 2.24) is 0 Å². The second-order valence-corrected chi connectivity index (χ2v) is 2.94. The molecule has 0 atom stereocenters. The molecule has 1 aromatic rings. The summed E-state index contributed by atoms with van der Waals surface area (Å²) in [5, 5.41) is 9.74. The molecule has 1 aromatic carbocycles. The number of phenolic OH excluding ortho intramolecular Hbond substituents is 1. The smallest absolute Gasteiger partial charge is 0.170 e. The Bertz CT molecular complexity index is 347. The summed E-state index contributed by atoms with van der Waals surface area (Å²) in [6.45, 7) is 1.33. The number of carbonyl (C=O) groups is 1. The molecule has 0 aliphatic rings. The van der Waals surface area contributed by atoms with Crippen molar-refractivity contribution in [1.29, 1.82) is 0 Å². The molecule has 1 rings (SSSR count). The fraction of sp³-hybridized carbons (Fsp3) is 0.222. The van der Waals surface area contributed by atoms with Gasteiger partial charge in [0.25, 0.3) is 0 Å². The number of halogens is 1. The van der Waals surface area contributed by atoms with E-state index in [9.17, 15) is 9.90 Å². The van der Waals surface area contributed by atoms with Crippen molar-refractivity contribution in [3.05, 3.63) is 22.7 Å². The molecular weight excluding hydrogens is 192 g/mol. The summed E-state index contributed by atoms with van der Waals surface area (Å²) < 4.78 is 4.83. The molecule has 13 heavy (non-hydrogen) atoms. The van der Waals surface area contributed by atoms with Crippen molar-refractivity contribution in [2.45, 2.75) is 6.92 Å². The molecule has 0 unspecified atom stereocenters. The molecule has 0 heterocycles. The van der Waals surface area contributed by atoms with Crippen LogP contribution in [0, 0.1) is 0 Å². The minimum absolute atomic E-state index is 0.0982. The number of Topliss-reactive ketones (excluding diaryl/α,β-unsaturated/α-hetero) is 1. The van der Waals surface area contributed by atoms with E-state index in [0.717, 1.165) is 0 Å². The molecular formula is C9H9ClO3. The zero-order chi connectivity index (χ0) is 10.0. The van der Waals surface area contributed by atoms with Gasteiger partial charge >= 0.3 is 0 Å². The highest BCUT2D eigenvalue weighted by Gasteiger charge is 2.15. The third-order valence-electron chi connectivity index (χ3n) is 1.66. The van der Waals surface area contributed by atoms with Crippen molar-refractivity contribution in [3.8, 4) is 11.5 Å². The highest BCUT2D eigenvalue weighted by atomic mass is 35.5. The maximum atomic E-state index is 11.1. The van der Waals surface area contributed by atoms with Crippen LogP contribution in [0.3, 0.4) is 0 Å². The number of methoxy groups -OCH3 is 1. The van der Waals surface area contributed by atoms with Gasteiger partial charge in [-0.2, -0.15) is 0 Å². The number of carbonyl (C=O) groups excluding carboxylic acids is 1. The van der Waals surface area contributed by atoms with Crippen LogP contribution in [-0.2, 0) is 0 Å². The van der Waals surface area contributed by atoms with E-state index in [2.05, 4.69) is 0 Å². The van der Waals surface area contributed by atoms with Gasteiger partial charge in [0.05, 0.1) is 17.7 Å². The number of ether oxygens (including phenoxy) is 1. The second-order valence-electron chi connectivity index (χ2n) is 2.53. The van der Waals surface area contributed by atoms with E-state index in [1.807, 2.05) is 0 Å². The quantitative estimate of drug-likeness (QED) is 0.745. The zero-order valence-electron chi connectivity index (χ0n) is 7.30. The van der Waals surface area contributed by atoms with Gasteiger partial charge in [-0.1, -0.05) is 11.6 Å². The highest BCUT2D eigenvalue weighted by molar-refractivity contribution is 6.34. The van der Waals surface area contributed by atoms with Crippen LogP contribution in [0.15, 0.2) is 12.1 Å². The molecule has 0 aliphatic heterocycles. The fourth-order valence-corrected chi connectivity index (χ4v) is 1.33. The van der Waals surface area contributed by atoms with Crippen molar-refractivity contribution in [3.63, 3.8) is 0 Å². The first-order valence-corrected chi connectivity index (χ1v) is 4.02. The number of hydrogen-bond donors (Lipinski definition) is 1. The summed E-state index contributed by atoms with van der Waals surface area (Å²) in [4.78, 5) is 11.1. The van der Waals surface area contributed by atoms with E-state index in [-0.39, 0.29) is 27.9 Å². The Morgan fingerprint density at radius 1 is 1.54 bits per heavy atom. The summed E-state index contributed by atoms with van der Waals surface area (Å²) in [7, 11) is 1.41. The van der Waals surface area contributed by atoms with Crippen LogP contribution in [0.4, 0.5) is 0 Å². The molecule has 0 bridgehead atoms. The van der Waals surface area contributed by atoms with E-state index in [0.29, 0.717) is 0 Å². The standard InChI is InChI=1S/C9H9ClO3/c1-5(11)8-6(10)3-4-7(13-2)9(8)12/h3-4,12H,1-2H3. The maximum absolute atomic E-state index is 11.1. The monoisotopic (exact) mass is 200 g/mol. The van der Waals surface area contributed by atoms with E-state index in [1.165, 1.54) is 26.2 Å². The lowest BCUT2D eigenvalue weighted by Crippen LogP contribution is -1.96. The summed E-state index contributed by atoms with van der Waals surface area (Å²) >= 11 is 5.72. The minimum Gasteiger partial charge on any atom is -0.504 e. The first-order valence-electron chi connectivity index (χ1n) is 3.64. The Morgan fingerprint density at radius 3 is 2.62 bits per heavy atom. The van der Waals surface area contributed by atoms with Crippen molar-refractivity contribution < 1.29 is 14.6 Å². The lowest BCUT2D eigenvalue weighted by molar-refractivity contribution is 0.101. The van der Waals surface area contributed by atoms with E-state index < -0.39 is 0 Å². The Labute approximate surface area is 80.9 Å². The van der Waals surface area contributed by atoms with Gasteiger partial charge in [-0.25, -0.2) is 0 Å². The van der Waals surface area contributed by atoms with Crippen molar-refractivity contribution in [2.75, 3.05) is 7.11 Å². The van der Waals surface area contributed by atoms with Gasteiger partial charge in [-0.3, -0.25) is 4.79 Å². The van der Waals surface area contributed by atoms with E-state index in [1.54, 1.807) is 0 Å². The Balaban J connectivity index is 3.38. The molecule has 0 saturated heterocycles. The third kappa shape index (κ3) is 1.75. The molecule has 4 heteroatoms. The SMILES string of the molecule is COc1ccc(Cl)c(C(C)=O)c1O. The largest absolute Gasteiger partial charge is 0.504 e. The summed E-state index contributed by atoms with van der Waals surface area (Å²) in [6, 6.07) is 3.01. The molecule has 0 aromatic heterocycles. The fourth-order valence-electron chi connectivity index (χ4n) is 1.05. The van der Waals surface area contributed by atoms with Gasteiger partial charge < -0.3 is 9.84 Å². The summed E-state index contributed by atoms with van der Waals surface area (Å²) in [6.07, 6.45) is 0. The average Bonchev–Trinajstić information content (AvgIpc) is 2.04. The number of hydrogen-bond acceptors (Lipinski definition) is 3. The number of phenols is 1. The number of rotatable bonds is 2. The van der Waals surface area contributed by atoms with Crippen LogP contribution in [0.1, 0.15) is 17.3 Å². The number of benzene rings is 1. The zero-order valence-corrected chi connectivity index (χ0v) is 8.05. The van der Waals surface area contributed by atoms with Gasteiger partial charge in [0.2, 0.25) is 0 Å². The molecule has 0 spiro atoms. The van der Waals surface area contributed by atoms with Crippen molar-refractivity contribution in [2.24, 2.45) is 0 Å². The first-order chi connectivity index (χ1) is 6.07. The van der Waals surface area contributed by atoms with Gasteiger partial charge in [-0.15, -0.1) is 0 Å². The van der Waals surface area contributed by atoms with Crippen LogP contribution >= 0.6 is 11.6 Å². The van der Waals surface area contributed by atoms with Crippen LogP contribution in [-0.4, -0.2) is 18.0 Å². The van der Waals surface area contributed by atoms with E-state index in [4.69, 9.17) is 16.3 Å². The highest BCUT2D eigenvalue weighted by Crippen LogP contribution is 2.34. The minimum atomic E-state index is -0.290. The third-order valence-corrected chi connectivity index (χ3v) is 1.98. The van der Waals surface area contributed by atoms with Gasteiger partial charge in [0.15, 0.2) is 17.3 Å². The molecule has 0 aliphatic carbocycles. The number of ketones is 1. The van der Waals surface area contributed by atoms with Crippen LogP contribution in [0.5, 0.6) is 11.5 Å². The Kier molecular flexibility index (Phi) is 2.78. The lowest BCUT2D eigenvalue weighted by Gasteiger charge is -2.07. The summed E-state index contributed by atoms with van der Waals surface area (Å²) in [5.74, 6) is -0.251. The van der Waals surface area contributed by atoms with Crippen LogP contribution < -0.4 is 4.74 Å². The van der Waals surface area contributed by atoms with Gasteiger partial charge in [0, 0.05) is 0 Å². The van der Waals surface area contributed by atoms with Gasteiger partial charge in [-0.05, 0) is 19.1 Å². The topological polar surface area (TPSA) is 46.5 Å². The Morgan fingerprint density at radius 2 is 2.15 bits per heavy atom. The molecule has 0 amide bonds.